The average molecular weight is 335 g/mol. The molecule has 0 fully saturated rings. The largest absolute Gasteiger partial charge is 0.478 e. The summed E-state index contributed by atoms with van der Waals surface area (Å²) in [4.78, 5) is 20.5. The number of carbonyl (C=O) groups is 1. The summed E-state index contributed by atoms with van der Waals surface area (Å²) in [5, 5.41) is 13.3. The van der Waals surface area contributed by atoms with Gasteiger partial charge in [-0.25, -0.2) is 9.78 Å². The molecule has 0 bridgehead atoms. The third-order valence-electron chi connectivity index (χ3n) is 3.58. The average Bonchev–Trinajstić information content (AvgIpc) is 3.15. The number of oxime groups is 1. The second-order valence-electron chi connectivity index (χ2n) is 5.42. The molecule has 0 aliphatic heterocycles. The summed E-state index contributed by atoms with van der Waals surface area (Å²) in [6.07, 6.45) is 5.28. The van der Waals surface area contributed by atoms with Crippen molar-refractivity contribution in [3.8, 4) is 0 Å². The molecule has 1 heterocycles. The number of hydrogen-bond donors (Lipinski definition) is 1. The molecule has 0 amide bonds. The molecule has 0 saturated carbocycles. The van der Waals surface area contributed by atoms with Crippen molar-refractivity contribution in [3.05, 3.63) is 90.0 Å². The van der Waals surface area contributed by atoms with Crippen LogP contribution in [-0.2, 0) is 18.0 Å². The third kappa shape index (κ3) is 4.54. The number of rotatable bonds is 7. The summed E-state index contributed by atoms with van der Waals surface area (Å²) in [6.45, 7) is 0.723. The number of nitrogens with zero attached hydrogens (tertiary/aromatic N) is 3. The smallest absolute Gasteiger partial charge is 0.335 e. The molecule has 0 unspecified atom stereocenters. The fourth-order valence-electron chi connectivity index (χ4n) is 2.34. The van der Waals surface area contributed by atoms with Crippen molar-refractivity contribution >= 4 is 11.7 Å². The first-order valence-electron chi connectivity index (χ1n) is 7.74. The van der Waals surface area contributed by atoms with Gasteiger partial charge in [-0.1, -0.05) is 47.6 Å². The second-order valence-corrected chi connectivity index (χ2v) is 5.42. The van der Waals surface area contributed by atoms with E-state index in [0.717, 1.165) is 16.8 Å². The summed E-state index contributed by atoms with van der Waals surface area (Å²) in [5.41, 5.74) is 2.69. The van der Waals surface area contributed by atoms with Gasteiger partial charge in [0.1, 0.15) is 12.3 Å². The SMILES string of the molecule is O=C(O)c1cccc(CO/N=C(/Cn2ccnc2)c2ccccc2)c1. The Hall–Kier alpha value is -3.41. The Bertz CT molecular complexity index is 859. The first-order chi connectivity index (χ1) is 12.2. The van der Waals surface area contributed by atoms with Crippen molar-refractivity contribution in [2.24, 2.45) is 5.16 Å². The number of carboxylic acids is 1. The molecule has 0 saturated heterocycles. The van der Waals surface area contributed by atoms with Gasteiger partial charge in [0.2, 0.25) is 0 Å². The van der Waals surface area contributed by atoms with Gasteiger partial charge in [-0.05, 0) is 17.7 Å². The minimum Gasteiger partial charge on any atom is -0.478 e. The topological polar surface area (TPSA) is 76.7 Å². The van der Waals surface area contributed by atoms with Crippen molar-refractivity contribution in [1.82, 2.24) is 9.55 Å². The lowest BCUT2D eigenvalue weighted by Crippen LogP contribution is -2.11. The van der Waals surface area contributed by atoms with Crippen molar-refractivity contribution < 1.29 is 14.7 Å². The molecule has 1 aromatic heterocycles. The molecule has 126 valence electrons. The highest BCUT2D eigenvalue weighted by Crippen LogP contribution is 2.09. The number of carboxylic acid groups (broad SMARTS) is 1. The van der Waals surface area contributed by atoms with E-state index in [9.17, 15) is 4.79 Å². The van der Waals surface area contributed by atoms with Gasteiger partial charge in [-0.3, -0.25) is 0 Å². The zero-order valence-electron chi connectivity index (χ0n) is 13.4. The van der Waals surface area contributed by atoms with Crippen molar-refractivity contribution in [1.29, 1.82) is 0 Å². The predicted octanol–water partition coefficient (Wildman–Crippen LogP) is 3.20. The maximum absolute atomic E-state index is 11.0. The van der Waals surface area contributed by atoms with Gasteiger partial charge in [0.15, 0.2) is 0 Å². The normalized spacial score (nSPS) is 11.3. The van der Waals surface area contributed by atoms with Crippen molar-refractivity contribution in [2.45, 2.75) is 13.2 Å². The van der Waals surface area contributed by atoms with Crippen LogP contribution < -0.4 is 0 Å². The van der Waals surface area contributed by atoms with E-state index < -0.39 is 5.97 Å². The van der Waals surface area contributed by atoms with E-state index in [0.29, 0.717) is 6.54 Å². The van der Waals surface area contributed by atoms with Crippen molar-refractivity contribution in [2.75, 3.05) is 0 Å². The van der Waals surface area contributed by atoms with Crippen LogP contribution in [-0.4, -0.2) is 26.3 Å². The van der Waals surface area contributed by atoms with Crippen LogP contribution in [0.4, 0.5) is 0 Å². The summed E-state index contributed by atoms with van der Waals surface area (Å²) in [7, 11) is 0. The van der Waals surface area contributed by atoms with Gasteiger partial charge in [0.25, 0.3) is 0 Å². The lowest BCUT2D eigenvalue weighted by atomic mass is 10.1. The van der Waals surface area contributed by atoms with Crippen LogP contribution in [0, 0.1) is 0 Å². The number of benzene rings is 2. The van der Waals surface area contributed by atoms with Crippen LogP contribution in [0.1, 0.15) is 21.5 Å². The van der Waals surface area contributed by atoms with Gasteiger partial charge in [0, 0.05) is 18.0 Å². The molecule has 0 aliphatic rings. The Labute approximate surface area is 145 Å². The number of aromatic nitrogens is 2. The molecule has 0 atom stereocenters. The monoisotopic (exact) mass is 335 g/mol. The molecule has 2 aromatic carbocycles. The van der Waals surface area contributed by atoms with E-state index in [1.165, 1.54) is 0 Å². The molecule has 6 nitrogen and oxygen atoms in total. The molecule has 0 aliphatic carbocycles. The van der Waals surface area contributed by atoms with Crippen LogP contribution >= 0.6 is 0 Å². The zero-order valence-corrected chi connectivity index (χ0v) is 13.4. The van der Waals surface area contributed by atoms with E-state index in [-0.39, 0.29) is 12.2 Å². The van der Waals surface area contributed by atoms with Crippen LogP contribution in [0.5, 0.6) is 0 Å². The standard InChI is InChI=1S/C19H17N3O3/c23-19(24)17-8-4-5-15(11-17)13-25-21-18(12-22-10-9-20-14-22)16-6-2-1-3-7-16/h1-11,14H,12-13H2,(H,23,24)/b21-18-. The Morgan fingerprint density at radius 3 is 2.64 bits per heavy atom. The first kappa shape index (κ1) is 16.4. The summed E-state index contributed by atoms with van der Waals surface area (Å²) in [5.74, 6) is -0.963. The maximum Gasteiger partial charge on any atom is 0.335 e. The molecule has 0 spiro atoms. The van der Waals surface area contributed by atoms with E-state index >= 15 is 0 Å². The van der Waals surface area contributed by atoms with Gasteiger partial charge < -0.3 is 14.5 Å². The molecule has 3 aromatic rings. The summed E-state index contributed by atoms with van der Waals surface area (Å²) >= 11 is 0. The van der Waals surface area contributed by atoms with Gasteiger partial charge >= 0.3 is 5.97 Å². The second kappa shape index (κ2) is 7.92. The number of hydrogen-bond acceptors (Lipinski definition) is 4. The predicted molar refractivity (Wildman–Crippen MR) is 93.4 cm³/mol. The molecular weight excluding hydrogens is 318 g/mol. The molecular formula is C19H17N3O3. The lowest BCUT2D eigenvalue weighted by molar-refractivity contribution is 0.0696. The zero-order chi connectivity index (χ0) is 17.5. The van der Waals surface area contributed by atoms with Crippen LogP contribution in [0.15, 0.2) is 78.5 Å². The first-order valence-corrected chi connectivity index (χ1v) is 7.74. The molecule has 6 heteroatoms. The highest BCUT2D eigenvalue weighted by atomic mass is 16.6. The minimum absolute atomic E-state index is 0.196. The van der Waals surface area contributed by atoms with Gasteiger partial charge in [0.05, 0.1) is 18.4 Å². The van der Waals surface area contributed by atoms with Crippen LogP contribution in [0.3, 0.4) is 0 Å². The van der Waals surface area contributed by atoms with Gasteiger partial charge in [-0.15, -0.1) is 0 Å². The van der Waals surface area contributed by atoms with Crippen molar-refractivity contribution in [3.63, 3.8) is 0 Å². The molecule has 0 radical (unpaired) electrons. The fourth-order valence-corrected chi connectivity index (χ4v) is 2.34. The molecule has 1 N–H and O–H groups in total. The van der Waals surface area contributed by atoms with Crippen LogP contribution in [0.25, 0.3) is 0 Å². The van der Waals surface area contributed by atoms with Crippen LogP contribution in [0.2, 0.25) is 0 Å². The third-order valence-corrected chi connectivity index (χ3v) is 3.58. The molecule has 25 heavy (non-hydrogen) atoms. The lowest BCUT2D eigenvalue weighted by Gasteiger charge is -2.08. The number of aromatic carboxylic acids is 1. The van der Waals surface area contributed by atoms with E-state index in [1.807, 2.05) is 41.1 Å². The quantitative estimate of drug-likeness (QED) is 0.531. The highest BCUT2D eigenvalue weighted by molar-refractivity contribution is 6.00. The Balaban J connectivity index is 1.74. The van der Waals surface area contributed by atoms with E-state index in [4.69, 9.17) is 9.94 Å². The Kier molecular flexibility index (Phi) is 5.21. The van der Waals surface area contributed by atoms with E-state index in [1.54, 1.807) is 36.8 Å². The highest BCUT2D eigenvalue weighted by Gasteiger charge is 2.07. The Morgan fingerprint density at radius 2 is 1.92 bits per heavy atom. The molecule has 3 rings (SSSR count). The minimum atomic E-state index is -0.963. The fraction of sp³-hybridized carbons (Fsp3) is 0.105. The summed E-state index contributed by atoms with van der Waals surface area (Å²) in [6, 6.07) is 16.4. The number of imidazole rings is 1. The Morgan fingerprint density at radius 1 is 1.12 bits per heavy atom. The maximum atomic E-state index is 11.0. The van der Waals surface area contributed by atoms with Gasteiger partial charge in [-0.2, -0.15) is 0 Å². The van der Waals surface area contributed by atoms with E-state index in [2.05, 4.69) is 10.1 Å². The summed E-state index contributed by atoms with van der Waals surface area (Å²) < 4.78 is 1.90.